The first-order valence-corrected chi connectivity index (χ1v) is 11.0. The van der Waals surface area contributed by atoms with Crippen molar-refractivity contribution in [2.75, 3.05) is 23.8 Å². The van der Waals surface area contributed by atoms with Crippen molar-refractivity contribution in [3.8, 4) is 11.5 Å². The van der Waals surface area contributed by atoms with E-state index in [0.29, 0.717) is 22.9 Å². The number of methoxy groups -OCH3 is 2. The van der Waals surface area contributed by atoms with Crippen molar-refractivity contribution in [3.05, 3.63) is 78.4 Å². The molecule has 0 fully saturated rings. The SMILES string of the molecule is COc1ccc(N(Cc2ccccc2)S(=O)(=O)c2ccc(NC(C)=O)cc2)cc1OC. The van der Waals surface area contributed by atoms with Crippen LogP contribution < -0.4 is 19.1 Å². The first kappa shape index (κ1) is 22.2. The quantitative estimate of drug-likeness (QED) is 0.571. The van der Waals surface area contributed by atoms with E-state index in [9.17, 15) is 13.2 Å². The number of hydrogen-bond acceptors (Lipinski definition) is 5. The molecule has 0 aliphatic rings. The van der Waals surface area contributed by atoms with Crippen molar-refractivity contribution in [3.63, 3.8) is 0 Å². The Morgan fingerprint density at radius 3 is 2.13 bits per heavy atom. The molecule has 0 unspecified atom stereocenters. The fraction of sp³-hybridized carbons (Fsp3) is 0.174. The molecule has 0 aromatic heterocycles. The largest absolute Gasteiger partial charge is 0.493 e. The molecule has 7 nitrogen and oxygen atoms in total. The Hall–Kier alpha value is -3.52. The molecule has 162 valence electrons. The number of ether oxygens (including phenoxy) is 2. The van der Waals surface area contributed by atoms with Crippen LogP contribution in [0.1, 0.15) is 12.5 Å². The highest BCUT2D eigenvalue weighted by atomic mass is 32.2. The van der Waals surface area contributed by atoms with Crippen LogP contribution in [0.15, 0.2) is 77.7 Å². The zero-order valence-electron chi connectivity index (χ0n) is 17.5. The van der Waals surface area contributed by atoms with E-state index in [2.05, 4.69) is 5.32 Å². The fourth-order valence-electron chi connectivity index (χ4n) is 3.09. The Balaban J connectivity index is 2.06. The fourth-order valence-corrected chi connectivity index (χ4v) is 4.53. The number of carbonyl (C=O) groups excluding carboxylic acids is 1. The molecule has 3 aromatic rings. The third kappa shape index (κ3) is 5.16. The van der Waals surface area contributed by atoms with Gasteiger partial charge in [0.2, 0.25) is 5.91 Å². The minimum atomic E-state index is -3.92. The maximum absolute atomic E-state index is 13.6. The third-order valence-corrected chi connectivity index (χ3v) is 6.37. The number of hydrogen-bond donors (Lipinski definition) is 1. The number of rotatable bonds is 8. The van der Waals surface area contributed by atoms with Crippen LogP contribution in [0.2, 0.25) is 0 Å². The molecular formula is C23H24N2O5S. The molecule has 1 N–H and O–H groups in total. The Morgan fingerprint density at radius 1 is 0.903 bits per heavy atom. The average molecular weight is 441 g/mol. The smallest absolute Gasteiger partial charge is 0.264 e. The molecule has 0 saturated heterocycles. The minimum absolute atomic E-state index is 0.104. The van der Waals surface area contributed by atoms with E-state index in [4.69, 9.17) is 9.47 Å². The summed E-state index contributed by atoms with van der Waals surface area (Å²) in [6, 6.07) is 20.4. The lowest BCUT2D eigenvalue weighted by Crippen LogP contribution is -2.30. The molecular weight excluding hydrogens is 416 g/mol. The molecule has 3 aromatic carbocycles. The number of sulfonamides is 1. The van der Waals surface area contributed by atoms with Gasteiger partial charge in [-0.3, -0.25) is 9.10 Å². The number of nitrogens with zero attached hydrogens (tertiary/aromatic N) is 1. The second-order valence-corrected chi connectivity index (χ2v) is 8.60. The topological polar surface area (TPSA) is 84.9 Å². The van der Waals surface area contributed by atoms with E-state index in [1.165, 1.54) is 37.6 Å². The molecule has 1 amide bonds. The van der Waals surface area contributed by atoms with Crippen LogP contribution in [-0.2, 0) is 21.4 Å². The van der Waals surface area contributed by atoms with Gasteiger partial charge in [0.25, 0.3) is 10.0 Å². The summed E-state index contributed by atoms with van der Waals surface area (Å²) in [6.45, 7) is 1.52. The predicted molar refractivity (Wildman–Crippen MR) is 120 cm³/mol. The van der Waals surface area contributed by atoms with Crippen molar-refractivity contribution in [1.82, 2.24) is 0 Å². The summed E-state index contributed by atoms with van der Waals surface area (Å²) in [7, 11) is -0.899. The normalized spacial score (nSPS) is 10.9. The van der Waals surface area contributed by atoms with Crippen molar-refractivity contribution in [2.24, 2.45) is 0 Å². The van der Waals surface area contributed by atoms with Gasteiger partial charge in [0.15, 0.2) is 11.5 Å². The third-order valence-electron chi connectivity index (χ3n) is 4.59. The van der Waals surface area contributed by atoms with Gasteiger partial charge in [-0.1, -0.05) is 30.3 Å². The highest BCUT2D eigenvalue weighted by Crippen LogP contribution is 2.34. The van der Waals surface area contributed by atoms with Crippen molar-refractivity contribution in [1.29, 1.82) is 0 Å². The average Bonchev–Trinajstić information content (AvgIpc) is 2.77. The Labute approximate surface area is 182 Å². The first-order chi connectivity index (χ1) is 14.8. The van der Waals surface area contributed by atoms with Gasteiger partial charge >= 0.3 is 0 Å². The monoisotopic (exact) mass is 440 g/mol. The van der Waals surface area contributed by atoms with Crippen LogP contribution in [0.4, 0.5) is 11.4 Å². The van der Waals surface area contributed by atoms with E-state index in [-0.39, 0.29) is 17.3 Å². The number of anilines is 2. The summed E-state index contributed by atoms with van der Waals surface area (Å²) in [5.41, 5.74) is 1.79. The molecule has 0 spiro atoms. The summed E-state index contributed by atoms with van der Waals surface area (Å²) < 4.78 is 39.1. The minimum Gasteiger partial charge on any atom is -0.493 e. The molecule has 0 radical (unpaired) electrons. The van der Waals surface area contributed by atoms with E-state index in [1.807, 2.05) is 30.3 Å². The number of nitrogens with one attached hydrogen (secondary N) is 1. The summed E-state index contributed by atoms with van der Waals surface area (Å²) in [4.78, 5) is 11.3. The van der Waals surface area contributed by atoms with Crippen molar-refractivity contribution < 1.29 is 22.7 Å². The zero-order chi connectivity index (χ0) is 22.4. The van der Waals surface area contributed by atoms with Gasteiger partial charge in [-0.2, -0.15) is 0 Å². The summed E-state index contributed by atoms with van der Waals surface area (Å²) in [5.74, 6) is 0.698. The standard InChI is InChI=1S/C23H24N2O5S/c1-17(26)24-19-9-12-21(13-10-19)31(27,28)25(16-18-7-5-4-6-8-18)20-11-14-22(29-2)23(15-20)30-3/h4-15H,16H2,1-3H3,(H,24,26). The molecule has 0 saturated carbocycles. The van der Waals surface area contributed by atoms with Crippen LogP contribution in [0.25, 0.3) is 0 Å². The molecule has 8 heteroatoms. The van der Waals surface area contributed by atoms with E-state index < -0.39 is 10.0 Å². The lowest BCUT2D eigenvalue weighted by molar-refractivity contribution is -0.114. The van der Waals surface area contributed by atoms with Crippen LogP contribution in [0.5, 0.6) is 11.5 Å². The molecule has 0 aliphatic carbocycles. The molecule has 3 rings (SSSR count). The van der Waals surface area contributed by atoms with E-state index in [1.54, 1.807) is 30.3 Å². The summed E-state index contributed by atoms with van der Waals surface area (Å²) in [6.07, 6.45) is 0. The molecule has 0 aliphatic heterocycles. The van der Waals surface area contributed by atoms with E-state index >= 15 is 0 Å². The van der Waals surface area contributed by atoms with E-state index in [0.717, 1.165) is 5.56 Å². The van der Waals surface area contributed by atoms with Crippen LogP contribution in [0.3, 0.4) is 0 Å². The number of benzene rings is 3. The van der Waals surface area contributed by atoms with Crippen molar-refractivity contribution in [2.45, 2.75) is 18.4 Å². The number of amides is 1. The van der Waals surface area contributed by atoms with Gasteiger partial charge in [0.1, 0.15) is 0 Å². The van der Waals surface area contributed by atoms with Gasteiger partial charge in [-0.05, 0) is 42.0 Å². The second kappa shape index (κ2) is 9.53. The van der Waals surface area contributed by atoms with Crippen LogP contribution >= 0.6 is 0 Å². The van der Waals surface area contributed by atoms with Gasteiger partial charge in [-0.25, -0.2) is 8.42 Å². The van der Waals surface area contributed by atoms with Crippen LogP contribution in [0, 0.1) is 0 Å². The highest BCUT2D eigenvalue weighted by Gasteiger charge is 2.26. The lowest BCUT2D eigenvalue weighted by Gasteiger charge is -2.25. The van der Waals surface area contributed by atoms with Crippen LogP contribution in [-0.4, -0.2) is 28.5 Å². The highest BCUT2D eigenvalue weighted by molar-refractivity contribution is 7.92. The van der Waals surface area contributed by atoms with Gasteiger partial charge in [-0.15, -0.1) is 0 Å². The Morgan fingerprint density at radius 2 is 1.55 bits per heavy atom. The molecule has 0 atom stereocenters. The first-order valence-electron chi connectivity index (χ1n) is 9.51. The molecule has 0 bridgehead atoms. The Bertz CT molecular complexity index is 1150. The number of carbonyl (C=O) groups is 1. The van der Waals surface area contributed by atoms with Crippen molar-refractivity contribution >= 4 is 27.3 Å². The van der Waals surface area contributed by atoms with Gasteiger partial charge in [0.05, 0.1) is 31.3 Å². The van der Waals surface area contributed by atoms with Gasteiger partial charge < -0.3 is 14.8 Å². The maximum atomic E-state index is 13.6. The Kier molecular flexibility index (Phi) is 6.81. The predicted octanol–water partition coefficient (Wildman–Crippen LogP) is 4.06. The second-order valence-electron chi connectivity index (χ2n) is 6.74. The maximum Gasteiger partial charge on any atom is 0.264 e. The molecule has 31 heavy (non-hydrogen) atoms. The summed E-state index contributed by atoms with van der Waals surface area (Å²) in [5, 5.41) is 2.63. The summed E-state index contributed by atoms with van der Waals surface area (Å²) >= 11 is 0. The lowest BCUT2D eigenvalue weighted by atomic mass is 10.2. The molecule has 0 heterocycles. The zero-order valence-corrected chi connectivity index (χ0v) is 18.3. The van der Waals surface area contributed by atoms with Gasteiger partial charge in [0, 0.05) is 18.7 Å².